The highest BCUT2D eigenvalue weighted by molar-refractivity contribution is 5.35. The number of aromatic nitrogens is 2. The third-order valence-electron chi connectivity index (χ3n) is 4.54. The van der Waals surface area contributed by atoms with Gasteiger partial charge in [0, 0.05) is 38.6 Å². The molecule has 21 heavy (non-hydrogen) atoms. The van der Waals surface area contributed by atoms with Gasteiger partial charge in [0.2, 0.25) is 5.95 Å². The molecule has 116 valence electrons. The van der Waals surface area contributed by atoms with E-state index in [2.05, 4.69) is 21.4 Å². The molecule has 2 heterocycles. The Morgan fingerprint density at radius 2 is 2.24 bits per heavy atom. The van der Waals surface area contributed by atoms with E-state index in [1.54, 1.807) is 7.11 Å². The molecule has 1 unspecified atom stereocenters. The minimum atomic E-state index is 0.704. The molecule has 0 spiro atoms. The molecule has 5 heteroatoms. The lowest BCUT2D eigenvalue weighted by Crippen LogP contribution is -2.30. The number of hydrogen-bond donors (Lipinski definition) is 1. The van der Waals surface area contributed by atoms with Crippen molar-refractivity contribution in [3.63, 3.8) is 0 Å². The standard InChI is InChI=1S/C16H26N4O/c1-21-9-6-17-11-13-4-5-15-14(10-13)12-18-16(19-15)20-7-2-3-8-20/h12-13,17H,2-11H2,1H3. The molecule has 0 bridgehead atoms. The molecule has 2 aliphatic rings. The Kier molecular flexibility index (Phi) is 5.04. The van der Waals surface area contributed by atoms with E-state index in [1.807, 2.05) is 0 Å². The average molecular weight is 290 g/mol. The minimum absolute atomic E-state index is 0.704. The predicted molar refractivity (Wildman–Crippen MR) is 83.7 cm³/mol. The maximum absolute atomic E-state index is 5.06. The smallest absolute Gasteiger partial charge is 0.225 e. The summed E-state index contributed by atoms with van der Waals surface area (Å²) in [6.45, 7) is 5.02. The second-order valence-corrected chi connectivity index (χ2v) is 6.14. The number of hydrogen-bond acceptors (Lipinski definition) is 5. The monoisotopic (exact) mass is 290 g/mol. The Morgan fingerprint density at radius 1 is 1.38 bits per heavy atom. The normalized spacial score (nSPS) is 21.6. The third-order valence-corrected chi connectivity index (χ3v) is 4.54. The molecule has 1 atom stereocenters. The third kappa shape index (κ3) is 3.71. The molecule has 1 aromatic rings. The number of anilines is 1. The first-order valence-corrected chi connectivity index (χ1v) is 8.16. The van der Waals surface area contributed by atoms with Crippen molar-refractivity contribution in [2.24, 2.45) is 5.92 Å². The fourth-order valence-electron chi connectivity index (χ4n) is 3.30. The van der Waals surface area contributed by atoms with Crippen LogP contribution >= 0.6 is 0 Å². The molecular weight excluding hydrogens is 264 g/mol. The molecule has 1 aromatic heterocycles. The summed E-state index contributed by atoms with van der Waals surface area (Å²) < 4.78 is 5.06. The van der Waals surface area contributed by atoms with Crippen LogP contribution < -0.4 is 10.2 Å². The van der Waals surface area contributed by atoms with Gasteiger partial charge in [-0.15, -0.1) is 0 Å². The molecule has 0 aromatic carbocycles. The number of nitrogens with zero attached hydrogens (tertiary/aromatic N) is 3. The van der Waals surface area contributed by atoms with Crippen molar-refractivity contribution < 1.29 is 4.74 Å². The Bertz CT molecular complexity index is 460. The van der Waals surface area contributed by atoms with Gasteiger partial charge in [-0.2, -0.15) is 0 Å². The summed E-state index contributed by atoms with van der Waals surface area (Å²) in [7, 11) is 1.74. The highest BCUT2D eigenvalue weighted by Crippen LogP contribution is 2.25. The molecular formula is C16H26N4O. The maximum Gasteiger partial charge on any atom is 0.225 e. The lowest BCUT2D eigenvalue weighted by Gasteiger charge is -2.25. The fraction of sp³-hybridized carbons (Fsp3) is 0.750. The summed E-state index contributed by atoms with van der Waals surface area (Å²) in [4.78, 5) is 11.7. The van der Waals surface area contributed by atoms with E-state index in [1.165, 1.54) is 30.5 Å². The molecule has 1 fully saturated rings. The van der Waals surface area contributed by atoms with Gasteiger partial charge in [-0.05, 0) is 50.1 Å². The zero-order valence-electron chi connectivity index (χ0n) is 13.0. The first-order valence-electron chi connectivity index (χ1n) is 8.16. The van der Waals surface area contributed by atoms with E-state index >= 15 is 0 Å². The zero-order chi connectivity index (χ0) is 14.5. The van der Waals surface area contributed by atoms with Crippen molar-refractivity contribution in [3.05, 3.63) is 17.5 Å². The van der Waals surface area contributed by atoms with Gasteiger partial charge in [0.05, 0.1) is 6.61 Å². The van der Waals surface area contributed by atoms with E-state index in [4.69, 9.17) is 9.72 Å². The number of methoxy groups -OCH3 is 1. The molecule has 5 nitrogen and oxygen atoms in total. The molecule has 1 aliphatic heterocycles. The van der Waals surface area contributed by atoms with Crippen LogP contribution in [0.15, 0.2) is 6.20 Å². The molecule has 1 N–H and O–H groups in total. The first-order chi connectivity index (χ1) is 10.4. The van der Waals surface area contributed by atoms with Gasteiger partial charge in [-0.25, -0.2) is 9.97 Å². The lowest BCUT2D eigenvalue weighted by atomic mass is 9.87. The van der Waals surface area contributed by atoms with Crippen molar-refractivity contribution in [2.75, 3.05) is 44.8 Å². The fourth-order valence-corrected chi connectivity index (χ4v) is 3.30. The zero-order valence-corrected chi connectivity index (χ0v) is 13.0. The van der Waals surface area contributed by atoms with Crippen LogP contribution in [0, 0.1) is 5.92 Å². The van der Waals surface area contributed by atoms with Gasteiger partial charge in [0.1, 0.15) is 0 Å². The highest BCUT2D eigenvalue weighted by atomic mass is 16.5. The van der Waals surface area contributed by atoms with Gasteiger partial charge >= 0.3 is 0 Å². The van der Waals surface area contributed by atoms with Crippen molar-refractivity contribution in [3.8, 4) is 0 Å². The molecule has 1 aliphatic carbocycles. The Morgan fingerprint density at radius 3 is 3.05 bits per heavy atom. The molecule has 0 saturated carbocycles. The van der Waals surface area contributed by atoms with E-state index < -0.39 is 0 Å². The molecule has 0 amide bonds. The first kappa shape index (κ1) is 14.7. The largest absolute Gasteiger partial charge is 0.383 e. The Hall–Kier alpha value is -1.20. The van der Waals surface area contributed by atoms with Crippen molar-refractivity contribution >= 4 is 5.95 Å². The van der Waals surface area contributed by atoms with Crippen molar-refractivity contribution in [1.82, 2.24) is 15.3 Å². The van der Waals surface area contributed by atoms with E-state index in [-0.39, 0.29) is 0 Å². The summed E-state index contributed by atoms with van der Waals surface area (Å²) in [5.74, 6) is 1.65. The van der Waals surface area contributed by atoms with Crippen LogP contribution in [0.4, 0.5) is 5.95 Å². The highest BCUT2D eigenvalue weighted by Gasteiger charge is 2.22. The van der Waals surface area contributed by atoms with Crippen LogP contribution in [0.25, 0.3) is 0 Å². The molecule has 1 saturated heterocycles. The van der Waals surface area contributed by atoms with Crippen molar-refractivity contribution in [2.45, 2.75) is 32.1 Å². The minimum Gasteiger partial charge on any atom is -0.383 e. The van der Waals surface area contributed by atoms with Crippen LogP contribution in [0.1, 0.15) is 30.5 Å². The summed E-state index contributed by atoms with van der Waals surface area (Å²) in [5, 5.41) is 3.47. The van der Waals surface area contributed by atoms with E-state index in [0.717, 1.165) is 51.6 Å². The van der Waals surface area contributed by atoms with Crippen LogP contribution in [0.3, 0.4) is 0 Å². The van der Waals surface area contributed by atoms with Gasteiger partial charge in [0.15, 0.2) is 0 Å². The van der Waals surface area contributed by atoms with E-state index in [9.17, 15) is 0 Å². The number of rotatable bonds is 6. The SMILES string of the molecule is COCCNCC1CCc2nc(N3CCCC3)ncc2C1. The quantitative estimate of drug-likeness (QED) is 0.803. The summed E-state index contributed by atoms with van der Waals surface area (Å²) in [6.07, 6.45) is 8.04. The van der Waals surface area contributed by atoms with Crippen LogP contribution in [0.2, 0.25) is 0 Å². The average Bonchev–Trinajstić information content (AvgIpc) is 3.05. The van der Waals surface area contributed by atoms with Gasteiger partial charge in [-0.1, -0.05) is 0 Å². The maximum atomic E-state index is 5.06. The predicted octanol–water partition coefficient (Wildman–Crippen LogP) is 1.42. The summed E-state index contributed by atoms with van der Waals surface area (Å²) >= 11 is 0. The second-order valence-electron chi connectivity index (χ2n) is 6.14. The Balaban J connectivity index is 1.56. The van der Waals surface area contributed by atoms with Crippen molar-refractivity contribution in [1.29, 1.82) is 0 Å². The topological polar surface area (TPSA) is 50.3 Å². The van der Waals surface area contributed by atoms with Gasteiger partial charge < -0.3 is 15.0 Å². The lowest BCUT2D eigenvalue weighted by molar-refractivity contribution is 0.197. The summed E-state index contributed by atoms with van der Waals surface area (Å²) in [5.41, 5.74) is 2.63. The number of nitrogens with one attached hydrogen (secondary N) is 1. The van der Waals surface area contributed by atoms with Gasteiger partial charge in [-0.3, -0.25) is 0 Å². The number of aryl methyl sites for hydroxylation is 1. The number of fused-ring (bicyclic) bond motifs is 1. The van der Waals surface area contributed by atoms with Crippen LogP contribution in [0.5, 0.6) is 0 Å². The number of ether oxygens (including phenoxy) is 1. The van der Waals surface area contributed by atoms with Crippen LogP contribution in [-0.4, -0.2) is 49.9 Å². The Labute approximate surface area is 127 Å². The summed E-state index contributed by atoms with van der Waals surface area (Å²) in [6, 6.07) is 0. The van der Waals surface area contributed by atoms with E-state index in [0.29, 0.717) is 5.92 Å². The second kappa shape index (κ2) is 7.18. The van der Waals surface area contributed by atoms with Crippen LogP contribution in [-0.2, 0) is 17.6 Å². The molecule has 3 rings (SSSR count). The molecule has 0 radical (unpaired) electrons. The van der Waals surface area contributed by atoms with Gasteiger partial charge in [0.25, 0.3) is 0 Å².